The molecule has 2 N–H and O–H groups in total. The van der Waals surface area contributed by atoms with Gasteiger partial charge in [-0.3, -0.25) is 10.1 Å². The van der Waals surface area contributed by atoms with E-state index in [1.54, 1.807) is 12.1 Å². The zero-order valence-electron chi connectivity index (χ0n) is 15.1. The minimum atomic E-state index is -0.678. The predicted molar refractivity (Wildman–Crippen MR) is 96.3 cm³/mol. The second kappa shape index (κ2) is 7.21. The van der Waals surface area contributed by atoms with Crippen molar-refractivity contribution in [3.05, 3.63) is 30.2 Å². The van der Waals surface area contributed by atoms with Gasteiger partial charge in [-0.05, 0) is 74.5 Å². The fourth-order valence-electron chi connectivity index (χ4n) is 5.42. The van der Waals surface area contributed by atoms with Crippen molar-refractivity contribution < 1.29 is 23.5 Å². The van der Waals surface area contributed by atoms with Crippen LogP contribution in [-0.2, 0) is 14.3 Å². The van der Waals surface area contributed by atoms with E-state index in [0.717, 1.165) is 19.3 Å². The number of hydrogen-bond donors (Lipinski definition) is 2. The van der Waals surface area contributed by atoms with Crippen molar-refractivity contribution in [1.29, 1.82) is 0 Å². The summed E-state index contributed by atoms with van der Waals surface area (Å²) in [5.41, 5.74) is -0.165. The molecule has 0 radical (unpaired) electrons. The van der Waals surface area contributed by atoms with Crippen molar-refractivity contribution in [2.75, 3.05) is 6.61 Å². The summed E-state index contributed by atoms with van der Waals surface area (Å²) < 4.78 is 9.89. The van der Waals surface area contributed by atoms with E-state index in [1.807, 2.05) is 0 Å². The Balaban J connectivity index is 1.21. The molecule has 4 aliphatic carbocycles. The Hall–Kier alpha value is -2.57. The maximum atomic E-state index is 12.3. The molecule has 0 atom stereocenters. The van der Waals surface area contributed by atoms with Crippen LogP contribution in [0.2, 0.25) is 0 Å². The van der Waals surface area contributed by atoms with Crippen LogP contribution in [0.5, 0.6) is 0 Å². The van der Waals surface area contributed by atoms with E-state index in [4.69, 9.17) is 9.15 Å². The third-order valence-electron chi connectivity index (χ3n) is 5.94. The molecule has 3 amide bonds. The minimum Gasteiger partial charge on any atom is -0.465 e. The average molecular weight is 372 g/mol. The molecule has 1 aromatic heterocycles. The molecule has 4 saturated carbocycles. The second-order valence-electron chi connectivity index (χ2n) is 8.16. The van der Waals surface area contributed by atoms with E-state index < -0.39 is 24.5 Å². The van der Waals surface area contributed by atoms with Crippen LogP contribution in [0.15, 0.2) is 28.9 Å². The number of amides is 3. The quantitative estimate of drug-likeness (QED) is 0.612. The Morgan fingerprint density at radius 3 is 2.41 bits per heavy atom. The van der Waals surface area contributed by atoms with Gasteiger partial charge in [-0.25, -0.2) is 9.59 Å². The molecule has 144 valence electrons. The number of rotatable bonds is 5. The van der Waals surface area contributed by atoms with Gasteiger partial charge in [-0.1, -0.05) is 0 Å². The lowest BCUT2D eigenvalue weighted by molar-refractivity contribution is -0.143. The number of carbonyl (C=O) groups is 3. The first kappa shape index (κ1) is 17.8. The molecule has 4 fully saturated rings. The normalized spacial score (nSPS) is 31.0. The van der Waals surface area contributed by atoms with Gasteiger partial charge in [0.15, 0.2) is 6.61 Å². The summed E-state index contributed by atoms with van der Waals surface area (Å²) in [4.78, 5) is 35.7. The van der Waals surface area contributed by atoms with Gasteiger partial charge >= 0.3 is 12.0 Å². The lowest BCUT2D eigenvalue weighted by atomic mass is 9.53. The Kier molecular flexibility index (Phi) is 4.76. The zero-order chi connectivity index (χ0) is 18.9. The molecule has 0 spiro atoms. The Morgan fingerprint density at radius 1 is 1.15 bits per heavy atom. The predicted octanol–water partition coefficient (Wildman–Crippen LogP) is 2.63. The summed E-state index contributed by atoms with van der Waals surface area (Å²) in [6, 6.07) is 2.88. The summed E-state index contributed by atoms with van der Waals surface area (Å²) in [6.07, 6.45) is 11.0. The highest BCUT2D eigenvalue weighted by molar-refractivity contribution is 5.96. The average Bonchev–Trinajstić information content (AvgIpc) is 3.09. The lowest BCUT2D eigenvalue weighted by Gasteiger charge is -2.56. The molecule has 1 aromatic rings. The van der Waals surface area contributed by atoms with Crippen LogP contribution in [0.3, 0.4) is 0 Å². The fraction of sp³-hybridized carbons (Fsp3) is 0.550. The molecule has 7 nitrogen and oxygen atoms in total. The van der Waals surface area contributed by atoms with Crippen LogP contribution < -0.4 is 10.6 Å². The summed E-state index contributed by atoms with van der Waals surface area (Å²) in [6.45, 7) is -0.504. The van der Waals surface area contributed by atoms with E-state index in [9.17, 15) is 14.4 Å². The first-order chi connectivity index (χ1) is 13.0. The molecular formula is C20H24N2O5. The largest absolute Gasteiger partial charge is 0.465 e. The second-order valence-corrected chi connectivity index (χ2v) is 8.16. The van der Waals surface area contributed by atoms with Crippen molar-refractivity contribution in [2.24, 2.45) is 17.8 Å². The van der Waals surface area contributed by atoms with E-state index in [0.29, 0.717) is 23.5 Å². The number of furan rings is 1. The molecule has 27 heavy (non-hydrogen) atoms. The topological polar surface area (TPSA) is 97.6 Å². The van der Waals surface area contributed by atoms with Crippen LogP contribution in [0, 0.1) is 17.8 Å². The molecule has 4 bridgehead atoms. The van der Waals surface area contributed by atoms with E-state index in [-0.39, 0.29) is 5.54 Å². The number of imide groups is 1. The van der Waals surface area contributed by atoms with Crippen molar-refractivity contribution in [3.8, 4) is 0 Å². The number of ether oxygens (including phenoxy) is 1. The summed E-state index contributed by atoms with van der Waals surface area (Å²) in [5.74, 6) is 1.30. The number of hydrogen-bond acceptors (Lipinski definition) is 5. The standard InChI is InChI=1S/C20H24N2O5/c23-17(12-27-18(24)4-3-16-2-1-5-26-16)21-19(25)22-20-9-13-6-14(10-20)8-15(7-13)11-20/h1-5,13-15H,6-12H2,(H2,21,22,23,25). The van der Waals surface area contributed by atoms with Crippen molar-refractivity contribution >= 4 is 24.0 Å². The van der Waals surface area contributed by atoms with Gasteiger partial charge in [0.2, 0.25) is 0 Å². The highest BCUT2D eigenvalue weighted by Crippen LogP contribution is 2.55. The third-order valence-corrected chi connectivity index (χ3v) is 5.94. The first-order valence-corrected chi connectivity index (χ1v) is 9.50. The van der Waals surface area contributed by atoms with Crippen molar-refractivity contribution in [1.82, 2.24) is 10.6 Å². The summed E-state index contributed by atoms with van der Waals surface area (Å²) in [7, 11) is 0. The zero-order valence-corrected chi connectivity index (χ0v) is 15.1. The number of carbonyl (C=O) groups excluding carboxylic acids is 3. The van der Waals surface area contributed by atoms with E-state index in [1.165, 1.54) is 37.7 Å². The Bertz CT molecular complexity index is 717. The monoisotopic (exact) mass is 372 g/mol. The van der Waals surface area contributed by atoms with Gasteiger partial charge < -0.3 is 14.5 Å². The molecule has 1 heterocycles. The van der Waals surface area contributed by atoms with Gasteiger partial charge in [-0.15, -0.1) is 0 Å². The summed E-state index contributed by atoms with van der Waals surface area (Å²) in [5, 5.41) is 5.32. The fourth-order valence-corrected chi connectivity index (χ4v) is 5.42. The number of nitrogens with one attached hydrogen (secondary N) is 2. The molecule has 4 aliphatic rings. The van der Waals surface area contributed by atoms with Crippen molar-refractivity contribution in [3.63, 3.8) is 0 Å². The molecule has 0 aromatic carbocycles. The maximum absolute atomic E-state index is 12.3. The van der Waals surface area contributed by atoms with Gasteiger partial charge in [0.25, 0.3) is 5.91 Å². The number of esters is 1. The smallest absolute Gasteiger partial charge is 0.331 e. The van der Waals surface area contributed by atoms with Crippen LogP contribution >= 0.6 is 0 Å². The van der Waals surface area contributed by atoms with Gasteiger partial charge in [0.05, 0.1) is 6.26 Å². The van der Waals surface area contributed by atoms with Gasteiger partial charge in [0.1, 0.15) is 5.76 Å². The van der Waals surface area contributed by atoms with Crippen LogP contribution in [-0.4, -0.2) is 30.1 Å². The van der Waals surface area contributed by atoms with E-state index >= 15 is 0 Å². The van der Waals surface area contributed by atoms with Crippen LogP contribution in [0.4, 0.5) is 4.79 Å². The molecular weight excluding hydrogens is 348 g/mol. The third kappa shape index (κ3) is 4.23. The highest BCUT2D eigenvalue weighted by Gasteiger charge is 2.51. The maximum Gasteiger partial charge on any atom is 0.331 e. The minimum absolute atomic E-state index is 0.165. The lowest BCUT2D eigenvalue weighted by Crippen LogP contribution is -2.62. The van der Waals surface area contributed by atoms with Crippen LogP contribution in [0.25, 0.3) is 6.08 Å². The number of urea groups is 1. The molecule has 0 saturated heterocycles. The first-order valence-electron chi connectivity index (χ1n) is 9.50. The SMILES string of the molecule is O=C(COC(=O)C=Cc1ccco1)NC(=O)NC12CC3CC(CC(C3)C1)C2. The Labute approximate surface area is 157 Å². The van der Waals surface area contributed by atoms with Gasteiger partial charge in [-0.2, -0.15) is 0 Å². The van der Waals surface area contributed by atoms with Crippen molar-refractivity contribution in [2.45, 2.75) is 44.1 Å². The highest BCUT2D eigenvalue weighted by atomic mass is 16.5. The summed E-state index contributed by atoms with van der Waals surface area (Å²) >= 11 is 0. The van der Waals surface area contributed by atoms with Crippen LogP contribution in [0.1, 0.15) is 44.3 Å². The Morgan fingerprint density at radius 2 is 1.81 bits per heavy atom. The molecule has 0 unspecified atom stereocenters. The van der Waals surface area contributed by atoms with Gasteiger partial charge in [0, 0.05) is 11.6 Å². The van der Waals surface area contributed by atoms with E-state index in [2.05, 4.69) is 10.6 Å². The molecule has 5 rings (SSSR count). The molecule has 0 aliphatic heterocycles. The molecule has 7 heteroatoms.